The van der Waals surface area contributed by atoms with Crippen LogP contribution in [0.15, 0.2) is 42.5 Å². The van der Waals surface area contributed by atoms with Gasteiger partial charge in [-0.25, -0.2) is 4.79 Å². The molecule has 2 aliphatic rings. The van der Waals surface area contributed by atoms with Gasteiger partial charge >= 0.3 is 6.09 Å². The van der Waals surface area contributed by atoms with E-state index >= 15 is 0 Å². The number of carbonyl (C=O) groups is 1. The second-order valence-corrected chi connectivity index (χ2v) is 9.42. The molecule has 1 N–H and O–H groups in total. The van der Waals surface area contributed by atoms with Crippen LogP contribution in [0, 0.1) is 0 Å². The van der Waals surface area contributed by atoms with Gasteiger partial charge in [0.15, 0.2) is 0 Å². The fraction of sp³-hybridized carbons (Fsp3) is 0.480. The summed E-state index contributed by atoms with van der Waals surface area (Å²) in [6.45, 7) is 8.06. The second-order valence-electron chi connectivity index (χ2n) is 8.64. The maximum absolute atomic E-state index is 12.5. The van der Waals surface area contributed by atoms with Crippen molar-refractivity contribution in [2.24, 2.45) is 0 Å². The molecule has 2 heterocycles. The van der Waals surface area contributed by atoms with Gasteiger partial charge < -0.3 is 19.6 Å². The number of anilines is 3. The van der Waals surface area contributed by atoms with E-state index in [1.165, 1.54) is 4.90 Å². The number of carboxylic acid groups (broad SMARTS) is 1. The van der Waals surface area contributed by atoms with Crippen LogP contribution in [0.25, 0.3) is 0 Å². The molecule has 1 atom stereocenters. The molecule has 0 radical (unpaired) electrons. The molecule has 34 heavy (non-hydrogen) atoms. The van der Waals surface area contributed by atoms with Crippen molar-refractivity contribution in [2.45, 2.75) is 25.9 Å². The number of hydrogen-bond donors (Lipinski definition) is 1. The van der Waals surface area contributed by atoms with Crippen molar-refractivity contribution in [3.05, 3.63) is 52.5 Å². The van der Waals surface area contributed by atoms with Crippen molar-refractivity contribution in [3.63, 3.8) is 0 Å². The summed E-state index contributed by atoms with van der Waals surface area (Å²) < 4.78 is 5.47. The zero-order chi connectivity index (χ0) is 24.1. The highest BCUT2D eigenvalue weighted by atomic mass is 35.5. The van der Waals surface area contributed by atoms with E-state index in [9.17, 15) is 9.90 Å². The lowest BCUT2D eigenvalue weighted by Gasteiger charge is -2.44. The van der Waals surface area contributed by atoms with Crippen molar-refractivity contribution >= 4 is 46.4 Å². The van der Waals surface area contributed by atoms with Crippen LogP contribution < -0.4 is 14.7 Å². The van der Waals surface area contributed by atoms with Gasteiger partial charge in [-0.2, -0.15) is 0 Å². The summed E-state index contributed by atoms with van der Waals surface area (Å²) in [5.41, 5.74) is 2.66. The molecule has 0 aliphatic carbocycles. The number of halogens is 2. The SMILES string of the molecule is CCCC(N1CCN(c2cccc(Cl)c2Cl)CC1)N(C(=O)O)c1cccc(N2CCOCC2)c1. The number of ether oxygens (including phenoxy) is 1. The third kappa shape index (κ3) is 5.54. The van der Waals surface area contributed by atoms with E-state index in [2.05, 4.69) is 21.6 Å². The largest absolute Gasteiger partial charge is 0.465 e. The number of nitrogens with zero attached hydrogens (tertiary/aromatic N) is 4. The Bertz CT molecular complexity index is 978. The Kier molecular flexibility index (Phi) is 8.42. The minimum Gasteiger partial charge on any atom is -0.465 e. The van der Waals surface area contributed by atoms with Gasteiger partial charge in [0.05, 0.1) is 40.8 Å². The van der Waals surface area contributed by atoms with Crippen molar-refractivity contribution in [2.75, 3.05) is 67.2 Å². The molecule has 0 aromatic heterocycles. The number of amides is 1. The molecule has 2 aromatic rings. The molecule has 1 unspecified atom stereocenters. The van der Waals surface area contributed by atoms with Crippen LogP contribution in [0.2, 0.25) is 10.0 Å². The molecule has 2 saturated heterocycles. The summed E-state index contributed by atoms with van der Waals surface area (Å²) in [6, 6.07) is 13.5. The molecular weight excluding hydrogens is 475 g/mol. The standard InChI is InChI=1S/C25H32Cl2N4O3/c1-2-5-23(30-12-10-29(11-13-30)22-9-4-8-21(26)24(22)27)31(25(32)33)20-7-3-6-19(18-20)28-14-16-34-17-15-28/h3-4,6-9,18,23H,2,5,10-17H2,1H3,(H,32,33). The molecule has 0 bridgehead atoms. The average Bonchev–Trinajstić information content (AvgIpc) is 2.86. The summed E-state index contributed by atoms with van der Waals surface area (Å²) in [4.78, 5) is 20.8. The molecule has 9 heteroatoms. The van der Waals surface area contributed by atoms with E-state index in [1.807, 2.05) is 36.4 Å². The topological polar surface area (TPSA) is 59.5 Å². The van der Waals surface area contributed by atoms with Crippen LogP contribution in [-0.2, 0) is 4.74 Å². The Hall–Kier alpha value is -2.19. The van der Waals surface area contributed by atoms with E-state index in [-0.39, 0.29) is 6.17 Å². The zero-order valence-corrected chi connectivity index (χ0v) is 21.0. The summed E-state index contributed by atoms with van der Waals surface area (Å²) in [5.74, 6) is 0. The van der Waals surface area contributed by atoms with Gasteiger partial charge in [0.25, 0.3) is 0 Å². The highest BCUT2D eigenvalue weighted by molar-refractivity contribution is 6.43. The van der Waals surface area contributed by atoms with Crippen LogP contribution >= 0.6 is 23.2 Å². The first-order chi connectivity index (χ1) is 16.5. The monoisotopic (exact) mass is 506 g/mol. The van der Waals surface area contributed by atoms with Gasteiger partial charge in [0.2, 0.25) is 0 Å². The normalized spacial score (nSPS) is 18.1. The molecule has 0 saturated carbocycles. The van der Waals surface area contributed by atoms with Gasteiger partial charge in [-0.3, -0.25) is 9.80 Å². The van der Waals surface area contributed by atoms with Crippen molar-refractivity contribution < 1.29 is 14.6 Å². The third-order valence-corrected chi connectivity index (χ3v) is 7.35. The zero-order valence-electron chi connectivity index (χ0n) is 19.5. The summed E-state index contributed by atoms with van der Waals surface area (Å²) in [5, 5.41) is 11.4. The fourth-order valence-corrected chi connectivity index (χ4v) is 5.22. The predicted octanol–water partition coefficient (Wildman–Crippen LogP) is 5.26. The Morgan fingerprint density at radius 1 is 1.03 bits per heavy atom. The summed E-state index contributed by atoms with van der Waals surface area (Å²) in [6.07, 6.45) is 0.474. The predicted molar refractivity (Wildman–Crippen MR) is 139 cm³/mol. The van der Waals surface area contributed by atoms with Crippen molar-refractivity contribution in [3.8, 4) is 0 Å². The fourth-order valence-electron chi connectivity index (χ4n) is 4.80. The van der Waals surface area contributed by atoms with Crippen LogP contribution in [0.3, 0.4) is 0 Å². The maximum atomic E-state index is 12.5. The van der Waals surface area contributed by atoms with E-state index in [0.29, 0.717) is 28.9 Å². The van der Waals surface area contributed by atoms with Gasteiger partial charge in [-0.05, 0) is 36.8 Å². The number of piperazine rings is 1. The molecule has 1 amide bonds. The van der Waals surface area contributed by atoms with Gasteiger partial charge in [0, 0.05) is 45.0 Å². The highest BCUT2D eigenvalue weighted by Crippen LogP contribution is 2.34. The average molecular weight is 507 g/mol. The molecule has 7 nitrogen and oxygen atoms in total. The van der Waals surface area contributed by atoms with Gasteiger partial charge in [0.1, 0.15) is 0 Å². The molecule has 184 valence electrons. The lowest BCUT2D eigenvalue weighted by Crippen LogP contribution is -2.57. The van der Waals surface area contributed by atoms with Crippen LogP contribution in [0.1, 0.15) is 19.8 Å². The molecular formula is C25H32Cl2N4O3. The van der Waals surface area contributed by atoms with E-state index in [4.69, 9.17) is 27.9 Å². The highest BCUT2D eigenvalue weighted by Gasteiger charge is 2.32. The second kappa shape index (κ2) is 11.5. The molecule has 0 spiro atoms. The number of morpholine rings is 1. The summed E-state index contributed by atoms with van der Waals surface area (Å²) >= 11 is 12.7. The maximum Gasteiger partial charge on any atom is 0.413 e. The van der Waals surface area contributed by atoms with Crippen LogP contribution in [0.5, 0.6) is 0 Å². The lowest BCUT2D eigenvalue weighted by molar-refractivity contribution is 0.122. The van der Waals surface area contributed by atoms with Gasteiger partial charge in [-0.1, -0.05) is 48.7 Å². The molecule has 4 rings (SSSR count). The first kappa shape index (κ1) is 24.9. The van der Waals surface area contributed by atoms with E-state index in [1.54, 1.807) is 6.07 Å². The van der Waals surface area contributed by atoms with Crippen molar-refractivity contribution in [1.29, 1.82) is 0 Å². The number of rotatable bonds is 7. The molecule has 2 fully saturated rings. The first-order valence-electron chi connectivity index (χ1n) is 11.9. The van der Waals surface area contributed by atoms with Crippen molar-refractivity contribution in [1.82, 2.24) is 4.90 Å². The quantitative estimate of drug-likeness (QED) is 0.552. The third-order valence-electron chi connectivity index (χ3n) is 6.54. The first-order valence-corrected chi connectivity index (χ1v) is 12.6. The minimum atomic E-state index is -0.933. The van der Waals surface area contributed by atoms with Crippen LogP contribution in [0.4, 0.5) is 21.9 Å². The molecule has 2 aliphatic heterocycles. The Morgan fingerprint density at radius 2 is 1.74 bits per heavy atom. The van der Waals surface area contributed by atoms with E-state index in [0.717, 1.165) is 63.5 Å². The van der Waals surface area contributed by atoms with E-state index < -0.39 is 6.09 Å². The van der Waals surface area contributed by atoms with Crippen LogP contribution in [-0.4, -0.2) is 74.7 Å². The van der Waals surface area contributed by atoms with Gasteiger partial charge in [-0.15, -0.1) is 0 Å². The smallest absolute Gasteiger partial charge is 0.413 e. The lowest BCUT2D eigenvalue weighted by atomic mass is 10.1. The Morgan fingerprint density at radius 3 is 2.41 bits per heavy atom. The minimum absolute atomic E-state index is 0.237. The number of hydrogen-bond acceptors (Lipinski definition) is 5. The summed E-state index contributed by atoms with van der Waals surface area (Å²) in [7, 11) is 0. The molecule has 2 aromatic carbocycles. The number of benzene rings is 2. The Balaban J connectivity index is 1.53. The Labute approximate surface area is 211 Å².